The maximum Gasteiger partial charge on any atom is 0.306 e. The molecule has 0 aliphatic heterocycles. The highest BCUT2D eigenvalue weighted by Crippen LogP contribution is 2.13. The molecule has 1 unspecified atom stereocenters. The molecular formula is C62H100O6. The first kappa shape index (κ1) is 63.8. The molecule has 0 saturated carbocycles. The van der Waals surface area contributed by atoms with Crippen LogP contribution in [0.4, 0.5) is 0 Å². The zero-order chi connectivity index (χ0) is 49.3. The van der Waals surface area contributed by atoms with Crippen LogP contribution in [0.1, 0.15) is 233 Å². The molecule has 0 spiro atoms. The molecule has 384 valence electrons. The van der Waals surface area contributed by atoms with E-state index >= 15 is 0 Å². The molecule has 0 aliphatic rings. The first-order chi connectivity index (χ1) is 33.5. The van der Waals surface area contributed by atoms with Crippen LogP contribution in [0, 0.1) is 0 Å². The van der Waals surface area contributed by atoms with Crippen molar-refractivity contribution in [2.75, 3.05) is 13.2 Å². The third-order valence-corrected chi connectivity index (χ3v) is 11.2. The Morgan fingerprint density at radius 2 is 0.588 bits per heavy atom. The summed E-state index contributed by atoms with van der Waals surface area (Å²) in [4.78, 5) is 37.8. The third kappa shape index (κ3) is 52.8. The monoisotopic (exact) mass is 941 g/mol. The quantitative estimate of drug-likeness (QED) is 0.0262. The largest absolute Gasteiger partial charge is 0.462 e. The van der Waals surface area contributed by atoms with E-state index in [1.54, 1.807) is 0 Å². The van der Waals surface area contributed by atoms with Crippen LogP contribution in [0.5, 0.6) is 0 Å². The van der Waals surface area contributed by atoms with Crippen molar-refractivity contribution in [3.63, 3.8) is 0 Å². The predicted octanol–water partition coefficient (Wildman–Crippen LogP) is 18.5. The van der Waals surface area contributed by atoms with E-state index in [1.807, 2.05) is 0 Å². The molecule has 0 heterocycles. The Morgan fingerprint density at radius 3 is 0.971 bits per heavy atom. The van der Waals surface area contributed by atoms with E-state index in [-0.39, 0.29) is 31.1 Å². The fraction of sp³-hybridized carbons (Fsp3) is 0.629. The first-order valence-corrected chi connectivity index (χ1v) is 27.5. The Kier molecular flexibility index (Phi) is 52.0. The van der Waals surface area contributed by atoms with Gasteiger partial charge in [0.25, 0.3) is 0 Å². The maximum absolute atomic E-state index is 12.7. The third-order valence-electron chi connectivity index (χ3n) is 11.2. The molecule has 0 N–H and O–H groups in total. The molecule has 6 heteroatoms. The van der Waals surface area contributed by atoms with Crippen molar-refractivity contribution in [1.82, 2.24) is 0 Å². The van der Waals surface area contributed by atoms with Crippen LogP contribution in [0.15, 0.2) is 122 Å². The number of esters is 3. The van der Waals surface area contributed by atoms with Crippen molar-refractivity contribution >= 4 is 17.9 Å². The number of hydrogen-bond donors (Lipinski definition) is 0. The molecule has 0 radical (unpaired) electrons. The van der Waals surface area contributed by atoms with Gasteiger partial charge in [-0.05, 0) is 109 Å². The molecule has 0 aromatic heterocycles. The maximum atomic E-state index is 12.7. The van der Waals surface area contributed by atoms with Gasteiger partial charge in [-0.15, -0.1) is 0 Å². The van der Waals surface area contributed by atoms with Gasteiger partial charge in [-0.3, -0.25) is 14.4 Å². The second-order valence-electron chi connectivity index (χ2n) is 17.8. The second-order valence-corrected chi connectivity index (χ2v) is 17.8. The molecule has 1 atom stereocenters. The fourth-order valence-corrected chi connectivity index (χ4v) is 7.06. The minimum atomic E-state index is -0.794. The van der Waals surface area contributed by atoms with Crippen LogP contribution in [0.2, 0.25) is 0 Å². The van der Waals surface area contributed by atoms with Gasteiger partial charge < -0.3 is 14.2 Å². The van der Waals surface area contributed by atoms with Crippen LogP contribution in [0.25, 0.3) is 0 Å². The zero-order valence-electron chi connectivity index (χ0n) is 43.8. The molecule has 6 nitrogen and oxygen atoms in total. The summed E-state index contributed by atoms with van der Waals surface area (Å²) in [5.74, 6) is -0.949. The lowest BCUT2D eigenvalue weighted by Crippen LogP contribution is -2.30. The summed E-state index contributed by atoms with van der Waals surface area (Å²) in [6.07, 6.45) is 76.4. The van der Waals surface area contributed by atoms with Crippen LogP contribution < -0.4 is 0 Å². The summed E-state index contributed by atoms with van der Waals surface area (Å²) >= 11 is 0. The van der Waals surface area contributed by atoms with Gasteiger partial charge in [-0.1, -0.05) is 226 Å². The number of ether oxygens (including phenoxy) is 3. The topological polar surface area (TPSA) is 78.9 Å². The highest BCUT2D eigenvalue weighted by Gasteiger charge is 2.19. The highest BCUT2D eigenvalue weighted by atomic mass is 16.6. The van der Waals surface area contributed by atoms with Crippen molar-refractivity contribution in [3.05, 3.63) is 122 Å². The van der Waals surface area contributed by atoms with Crippen LogP contribution >= 0.6 is 0 Å². The summed E-state index contributed by atoms with van der Waals surface area (Å²) in [6, 6.07) is 0. The number of carbonyl (C=O) groups is 3. The van der Waals surface area contributed by atoms with Crippen LogP contribution in [0.3, 0.4) is 0 Å². The van der Waals surface area contributed by atoms with Crippen molar-refractivity contribution in [2.45, 2.75) is 239 Å². The van der Waals surface area contributed by atoms with Gasteiger partial charge in [0.05, 0.1) is 0 Å². The summed E-state index contributed by atoms with van der Waals surface area (Å²) in [6.45, 7) is 6.40. The molecule has 0 fully saturated rings. The van der Waals surface area contributed by atoms with E-state index in [0.717, 1.165) is 135 Å². The fourth-order valence-electron chi connectivity index (χ4n) is 7.06. The molecule has 0 saturated heterocycles. The highest BCUT2D eigenvalue weighted by molar-refractivity contribution is 5.71. The number of carbonyl (C=O) groups excluding carboxylic acids is 3. The minimum Gasteiger partial charge on any atom is -0.462 e. The Morgan fingerprint density at radius 1 is 0.309 bits per heavy atom. The van der Waals surface area contributed by atoms with E-state index in [1.165, 1.54) is 57.8 Å². The van der Waals surface area contributed by atoms with Gasteiger partial charge in [0.2, 0.25) is 0 Å². The molecule has 0 rings (SSSR count). The van der Waals surface area contributed by atoms with E-state index < -0.39 is 6.10 Å². The lowest BCUT2D eigenvalue weighted by Gasteiger charge is -2.18. The number of allylic oxidation sites excluding steroid dienone is 20. The summed E-state index contributed by atoms with van der Waals surface area (Å²) in [7, 11) is 0. The van der Waals surface area contributed by atoms with Crippen molar-refractivity contribution in [3.8, 4) is 0 Å². The Bertz CT molecular complexity index is 1450. The van der Waals surface area contributed by atoms with E-state index in [2.05, 4.69) is 142 Å². The van der Waals surface area contributed by atoms with Gasteiger partial charge >= 0.3 is 17.9 Å². The van der Waals surface area contributed by atoms with Gasteiger partial charge in [0.15, 0.2) is 6.10 Å². The molecular weight excluding hydrogens is 841 g/mol. The van der Waals surface area contributed by atoms with E-state index in [9.17, 15) is 14.4 Å². The average molecular weight is 941 g/mol. The van der Waals surface area contributed by atoms with Crippen LogP contribution in [-0.2, 0) is 28.6 Å². The summed E-state index contributed by atoms with van der Waals surface area (Å²) in [5.41, 5.74) is 0. The first-order valence-electron chi connectivity index (χ1n) is 27.5. The molecule has 0 aliphatic carbocycles. The molecule has 0 amide bonds. The summed E-state index contributed by atoms with van der Waals surface area (Å²) < 4.78 is 16.7. The van der Waals surface area contributed by atoms with Crippen molar-refractivity contribution in [2.24, 2.45) is 0 Å². The van der Waals surface area contributed by atoms with Gasteiger partial charge in [0.1, 0.15) is 13.2 Å². The average Bonchev–Trinajstić information content (AvgIpc) is 3.34. The van der Waals surface area contributed by atoms with Gasteiger partial charge in [0, 0.05) is 19.3 Å². The molecule has 0 bridgehead atoms. The van der Waals surface area contributed by atoms with Crippen molar-refractivity contribution < 1.29 is 28.6 Å². The summed E-state index contributed by atoms with van der Waals surface area (Å²) in [5, 5.41) is 0. The number of rotatable bonds is 48. The van der Waals surface area contributed by atoms with Crippen molar-refractivity contribution in [1.29, 1.82) is 0 Å². The Balaban J connectivity index is 4.25. The number of unbranched alkanes of at least 4 members (excludes halogenated alkanes) is 17. The Labute approximate surface area is 418 Å². The van der Waals surface area contributed by atoms with Crippen LogP contribution in [-0.4, -0.2) is 37.2 Å². The number of hydrogen-bond acceptors (Lipinski definition) is 6. The lowest BCUT2D eigenvalue weighted by molar-refractivity contribution is -0.167. The zero-order valence-corrected chi connectivity index (χ0v) is 43.8. The smallest absolute Gasteiger partial charge is 0.306 e. The molecule has 0 aromatic rings. The SMILES string of the molecule is CC/C=C\C/C=C\C/C=C\C/C=C\C/C=C\C/C=C\C/C=C\C/C=C\C/C=C\CCCCCC(=O)OCC(COC(=O)CCCCCCCCCC)OC(=O)CCCCCCC/C=C\CCCC. The standard InChI is InChI=1S/C62H100O6/c1-4-7-10-13-16-19-21-22-23-24-25-26-27-28-29-30-31-32-33-34-35-36-37-38-39-40-42-43-46-49-52-55-61(64)67-58-59(57-66-60(63)54-51-48-45-18-15-12-9-6-3)68-62(65)56-53-50-47-44-41-20-17-14-11-8-5-2/h7,10,14,16-17,19,22-23,25-26,28-29,31-32,34-35,37-38,40,42,59H,4-6,8-9,11-13,15,18,20-21,24,27,30,33,36,39,41,43-58H2,1-3H3/b10-7-,17-14-,19-16-,23-22-,26-25-,29-28-,32-31-,35-34-,38-37-,42-40-. The van der Waals surface area contributed by atoms with E-state index in [4.69, 9.17) is 14.2 Å². The Hall–Kier alpha value is -4.19. The predicted molar refractivity (Wildman–Crippen MR) is 293 cm³/mol. The molecule has 0 aromatic carbocycles. The minimum absolute atomic E-state index is 0.0933. The van der Waals surface area contributed by atoms with Gasteiger partial charge in [-0.2, -0.15) is 0 Å². The normalized spacial score (nSPS) is 13.0. The lowest BCUT2D eigenvalue weighted by atomic mass is 10.1. The molecule has 68 heavy (non-hydrogen) atoms. The second kappa shape index (κ2) is 55.4. The van der Waals surface area contributed by atoms with E-state index in [0.29, 0.717) is 19.3 Å². The van der Waals surface area contributed by atoms with Gasteiger partial charge in [-0.25, -0.2) is 0 Å².